The molecule has 0 saturated carbocycles. The van der Waals surface area contributed by atoms with E-state index >= 15 is 0 Å². The second-order valence-corrected chi connectivity index (χ2v) is 16.4. The second-order valence-electron chi connectivity index (χ2n) is 16.4. The summed E-state index contributed by atoms with van der Waals surface area (Å²) in [5, 5.41) is 41.4. The van der Waals surface area contributed by atoms with Gasteiger partial charge in [-0.3, -0.25) is 0 Å². The topological polar surface area (TPSA) is 139 Å². The summed E-state index contributed by atoms with van der Waals surface area (Å²) in [6.45, 7) is 5.73. The number of carboxylic acid groups (broad SMARTS) is 2. The van der Waals surface area contributed by atoms with Gasteiger partial charge in [0, 0.05) is 11.9 Å². The molecule has 8 nitrogen and oxygen atoms in total. The van der Waals surface area contributed by atoms with Gasteiger partial charge in [0.2, 0.25) is 0 Å². The number of hydrogen-bond donors (Lipinski definition) is 2. The van der Waals surface area contributed by atoms with Crippen LogP contribution in [0.2, 0.25) is 0 Å². The Morgan fingerprint density at radius 3 is 1.14 bits per heavy atom. The minimum atomic E-state index is -0.987. The van der Waals surface area contributed by atoms with Crippen LogP contribution in [0.25, 0.3) is 0 Å². The molecule has 0 saturated heterocycles. The molecule has 0 fully saturated rings. The molecule has 0 radical (unpaired) electrons. The standard InChI is InChI=1S/2C25H42O4.Ba/c2*1-2-3-4-5-6-12-17-24(29-21-22-14-9-7-10-15-22)20-19-23(26)16-11-8-13-18-25(27)28;/h2*7,9-10,14-15,23-24,26H,2-6,8,11-13,16-21H2,1H3,(H,27,28);/q;;+2/p-2. The molecule has 0 heterocycles. The molecule has 0 spiro atoms. The van der Waals surface area contributed by atoms with Crippen LogP contribution in [0.3, 0.4) is 0 Å². The third-order valence-corrected chi connectivity index (χ3v) is 10.9. The van der Waals surface area contributed by atoms with E-state index in [0.717, 1.165) is 77.0 Å². The molecular formula is C50H82BaO8. The zero-order chi connectivity index (χ0) is 42.3. The summed E-state index contributed by atoms with van der Waals surface area (Å²) < 4.78 is 12.4. The van der Waals surface area contributed by atoms with E-state index in [0.29, 0.717) is 26.1 Å². The molecule has 332 valence electrons. The molecule has 4 atom stereocenters. The Balaban J connectivity index is 0.00000112. The molecule has 2 N–H and O–H groups in total. The van der Waals surface area contributed by atoms with Crippen molar-refractivity contribution in [3.05, 3.63) is 71.8 Å². The number of hydrogen-bond acceptors (Lipinski definition) is 8. The fourth-order valence-electron chi connectivity index (χ4n) is 7.20. The van der Waals surface area contributed by atoms with Crippen molar-refractivity contribution in [1.29, 1.82) is 0 Å². The first-order valence-electron chi connectivity index (χ1n) is 23.3. The number of benzene rings is 2. The van der Waals surface area contributed by atoms with Crippen LogP contribution in [-0.2, 0) is 32.3 Å². The third kappa shape index (κ3) is 38.2. The van der Waals surface area contributed by atoms with E-state index in [1.807, 2.05) is 36.4 Å². The number of aliphatic hydroxyl groups excluding tert-OH is 2. The SMILES string of the molecule is CCCCCCCCC(CCC(O)CCCCCC(=O)[O-])OCc1ccccc1.CCCCCCCCC(CCC(O)CCCCCC(=O)[O-])OCc1ccccc1.[Ba+2]. The first-order valence-corrected chi connectivity index (χ1v) is 23.3. The van der Waals surface area contributed by atoms with Gasteiger partial charge in [0.25, 0.3) is 0 Å². The number of carboxylic acids is 2. The average molecular weight is 949 g/mol. The number of carbonyl (C=O) groups excluding carboxylic acids is 2. The van der Waals surface area contributed by atoms with Crippen LogP contribution in [0, 0.1) is 0 Å². The van der Waals surface area contributed by atoms with E-state index in [9.17, 15) is 30.0 Å². The average Bonchev–Trinajstić information content (AvgIpc) is 3.22. The Hall–Kier alpha value is -1.21. The Labute approximate surface area is 400 Å². The largest absolute Gasteiger partial charge is 2.00 e. The van der Waals surface area contributed by atoms with Crippen LogP contribution in [-0.4, -0.2) is 95.4 Å². The number of unbranched alkanes of at least 4 members (excludes halogenated alkanes) is 14. The van der Waals surface area contributed by atoms with Gasteiger partial charge in [-0.25, -0.2) is 0 Å². The number of ether oxygens (including phenoxy) is 2. The summed E-state index contributed by atoms with van der Waals surface area (Å²) in [6.07, 6.45) is 26.7. The van der Waals surface area contributed by atoms with Crippen molar-refractivity contribution in [3.8, 4) is 0 Å². The summed E-state index contributed by atoms with van der Waals surface area (Å²) in [5.41, 5.74) is 2.38. The summed E-state index contributed by atoms with van der Waals surface area (Å²) in [5.74, 6) is -1.97. The third-order valence-electron chi connectivity index (χ3n) is 10.9. The molecule has 0 aliphatic heterocycles. The van der Waals surface area contributed by atoms with Gasteiger partial charge in [0.1, 0.15) is 0 Å². The van der Waals surface area contributed by atoms with Gasteiger partial charge in [-0.05, 0) is 88.2 Å². The van der Waals surface area contributed by atoms with Crippen molar-refractivity contribution in [3.63, 3.8) is 0 Å². The molecule has 0 aliphatic carbocycles. The Morgan fingerprint density at radius 2 is 0.780 bits per heavy atom. The molecule has 0 amide bonds. The maximum absolute atomic E-state index is 10.4. The summed E-state index contributed by atoms with van der Waals surface area (Å²) in [7, 11) is 0. The maximum Gasteiger partial charge on any atom is 2.00 e. The van der Waals surface area contributed by atoms with Crippen LogP contribution in [0.4, 0.5) is 0 Å². The fourth-order valence-corrected chi connectivity index (χ4v) is 7.20. The van der Waals surface area contributed by atoms with Crippen LogP contribution in [0.15, 0.2) is 60.7 Å². The first-order chi connectivity index (χ1) is 28.2. The Bertz CT molecular complexity index is 1110. The zero-order valence-corrected chi connectivity index (χ0v) is 41.8. The van der Waals surface area contributed by atoms with E-state index in [1.54, 1.807) is 0 Å². The van der Waals surface area contributed by atoms with E-state index in [4.69, 9.17) is 9.47 Å². The maximum atomic E-state index is 10.4. The van der Waals surface area contributed by atoms with Crippen LogP contribution < -0.4 is 10.2 Å². The number of aliphatic hydroxyl groups is 2. The summed E-state index contributed by atoms with van der Waals surface area (Å²) >= 11 is 0. The minimum Gasteiger partial charge on any atom is -0.550 e. The van der Waals surface area contributed by atoms with Crippen molar-refractivity contribution in [1.82, 2.24) is 0 Å². The van der Waals surface area contributed by atoms with Gasteiger partial charge in [-0.15, -0.1) is 0 Å². The first kappa shape index (κ1) is 57.8. The van der Waals surface area contributed by atoms with Gasteiger partial charge in [0.05, 0.1) is 37.6 Å². The molecule has 2 aromatic carbocycles. The molecule has 2 aromatic rings. The van der Waals surface area contributed by atoms with Crippen molar-refractivity contribution >= 4 is 60.8 Å². The van der Waals surface area contributed by atoms with Crippen LogP contribution in [0.5, 0.6) is 0 Å². The summed E-state index contributed by atoms with van der Waals surface area (Å²) in [4.78, 5) is 20.8. The quantitative estimate of drug-likeness (QED) is 0.0501. The molecular weight excluding hydrogens is 866 g/mol. The van der Waals surface area contributed by atoms with E-state index in [1.165, 1.54) is 88.2 Å². The monoisotopic (exact) mass is 949 g/mol. The van der Waals surface area contributed by atoms with Crippen molar-refractivity contribution < 1.29 is 39.5 Å². The summed E-state index contributed by atoms with van der Waals surface area (Å²) in [6, 6.07) is 20.5. The van der Waals surface area contributed by atoms with Gasteiger partial charge < -0.3 is 39.5 Å². The Kier molecular flexibility index (Phi) is 41.2. The van der Waals surface area contributed by atoms with Gasteiger partial charge in [0.15, 0.2) is 0 Å². The number of aliphatic carboxylic acids is 2. The van der Waals surface area contributed by atoms with Gasteiger partial charge in [-0.1, -0.05) is 177 Å². The van der Waals surface area contributed by atoms with Crippen molar-refractivity contribution in [2.75, 3.05) is 0 Å². The molecule has 59 heavy (non-hydrogen) atoms. The fraction of sp³-hybridized carbons (Fsp3) is 0.720. The van der Waals surface area contributed by atoms with Gasteiger partial charge in [-0.2, -0.15) is 0 Å². The van der Waals surface area contributed by atoms with E-state index < -0.39 is 11.9 Å². The molecule has 0 bridgehead atoms. The van der Waals surface area contributed by atoms with Crippen molar-refractivity contribution in [2.45, 2.75) is 231 Å². The molecule has 0 aliphatic rings. The van der Waals surface area contributed by atoms with Crippen LogP contribution >= 0.6 is 0 Å². The normalized spacial score (nSPS) is 13.1. The van der Waals surface area contributed by atoms with E-state index in [2.05, 4.69) is 38.1 Å². The molecule has 2 rings (SSSR count). The predicted molar refractivity (Wildman–Crippen MR) is 238 cm³/mol. The zero-order valence-electron chi connectivity index (χ0n) is 37.3. The number of carbonyl (C=O) groups is 2. The van der Waals surface area contributed by atoms with Crippen molar-refractivity contribution in [2.24, 2.45) is 0 Å². The smallest absolute Gasteiger partial charge is 0.550 e. The van der Waals surface area contributed by atoms with E-state index in [-0.39, 0.29) is 86.1 Å². The molecule has 4 unspecified atom stereocenters. The number of rotatable bonds is 38. The molecule has 9 heteroatoms. The molecule has 0 aromatic heterocycles. The second kappa shape index (κ2) is 42.1. The Morgan fingerprint density at radius 1 is 0.458 bits per heavy atom. The predicted octanol–water partition coefficient (Wildman–Crippen LogP) is 9.95. The van der Waals surface area contributed by atoms with Gasteiger partial charge >= 0.3 is 48.9 Å². The minimum absolute atomic E-state index is 0. The van der Waals surface area contributed by atoms with Crippen LogP contribution in [0.1, 0.15) is 205 Å².